The highest BCUT2D eigenvalue weighted by atomic mass is 16.5. The molecule has 1 N–H and O–H groups in total. The van der Waals surface area contributed by atoms with Gasteiger partial charge in [-0.3, -0.25) is 0 Å². The predicted octanol–water partition coefficient (Wildman–Crippen LogP) is 1.22. The first-order chi connectivity index (χ1) is 10.2. The van der Waals surface area contributed by atoms with Crippen molar-refractivity contribution in [1.29, 1.82) is 0 Å². The second-order valence-corrected chi connectivity index (χ2v) is 4.40. The van der Waals surface area contributed by atoms with Crippen LogP contribution in [0.2, 0.25) is 0 Å². The van der Waals surface area contributed by atoms with Gasteiger partial charge in [-0.15, -0.1) is 5.10 Å². The van der Waals surface area contributed by atoms with E-state index in [1.165, 1.54) is 0 Å². The molecule has 7 nitrogen and oxygen atoms in total. The van der Waals surface area contributed by atoms with Crippen LogP contribution in [0, 0.1) is 0 Å². The zero-order valence-corrected chi connectivity index (χ0v) is 11.9. The highest BCUT2D eigenvalue weighted by Gasteiger charge is 2.19. The Kier molecular flexibility index (Phi) is 4.89. The summed E-state index contributed by atoms with van der Waals surface area (Å²) in [5.41, 5.74) is 1.40. The molecule has 0 atom stereocenters. The molecule has 0 unspecified atom stereocenters. The Bertz CT molecular complexity index is 624. The van der Waals surface area contributed by atoms with Gasteiger partial charge in [0.1, 0.15) is 5.75 Å². The van der Waals surface area contributed by atoms with Crippen molar-refractivity contribution in [2.75, 3.05) is 20.8 Å². The maximum absolute atomic E-state index is 11.2. The van der Waals surface area contributed by atoms with Gasteiger partial charge in [0.15, 0.2) is 5.69 Å². The third-order valence-corrected chi connectivity index (χ3v) is 3.10. The van der Waals surface area contributed by atoms with Crippen molar-refractivity contribution in [2.45, 2.75) is 13.0 Å². The number of rotatable bonds is 7. The van der Waals surface area contributed by atoms with Crippen LogP contribution < -0.4 is 4.74 Å². The summed E-state index contributed by atoms with van der Waals surface area (Å²) in [5, 5.41) is 16.8. The van der Waals surface area contributed by atoms with E-state index in [0.717, 1.165) is 11.3 Å². The van der Waals surface area contributed by atoms with Crippen LogP contribution in [-0.4, -0.2) is 46.9 Å². The van der Waals surface area contributed by atoms with Crippen LogP contribution in [0.3, 0.4) is 0 Å². The Morgan fingerprint density at radius 3 is 2.76 bits per heavy atom. The smallest absolute Gasteiger partial charge is 0.358 e. The van der Waals surface area contributed by atoms with E-state index in [-0.39, 0.29) is 5.69 Å². The molecule has 7 heteroatoms. The second-order valence-electron chi connectivity index (χ2n) is 4.40. The summed E-state index contributed by atoms with van der Waals surface area (Å²) in [7, 11) is 3.16. The molecule has 0 fully saturated rings. The SMILES string of the molecule is COCCc1c(C(=O)O)nnn1Cc1ccccc1OC. The van der Waals surface area contributed by atoms with Crippen molar-refractivity contribution < 1.29 is 19.4 Å². The highest BCUT2D eigenvalue weighted by molar-refractivity contribution is 5.86. The number of methoxy groups -OCH3 is 2. The van der Waals surface area contributed by atoms with Crippen molar-refractivity contribution in [3.63, 3.8) is 0 Å². The molecule has 1 aromatic heterocycles. The van der Waals surface area contributed by atoms with Gasteiger partial charge in [-0.05, 0) is 6.07 Å². The summed E-state index contributed by atoms with van der Waals surface area (Å²) in [6.07, 6.45) is 0.431. The third kappa shape index (κ3) is 3.38. The maximum Gasteiger partial charge on any atom is 0.358 e. The number of ether oxygens (including phenoxy) is 2. The average molecular weight is 291 g/mol. The van der Waals surface area contributed by atoms with Gasteiger partial charge < -0.3 is 14.6 Å². The van der Waals surface area contributed by atoms with E-state index in [0.29, 0.717) is 25.3 Å². The molecular weight excluding hydrogens is 274 g/mol. The van der Waals surface area contributed by atoms with Crippen molar-refractivity contribution in [3.05, 3.63) is 41.2 Å². The maximum atomic E-state index is 11.2. The first-order valence-electron chi connectivity index (χ1n) is 6.43. The van der Waals surface area contributed by atoms with Crippen molar-refractivity contribution in [3.8, 4) is 5.75 Å². The summed E-state index contributed by atoms with van der Waals surface area (Å²) in [6.45, 7) is 0.795. The minimum Gasteiger partial charge on any atom is -0.496 e. The van der Waals surface area contributed by atoms with Crippen LogP contribution in [0.5, 0.6) is 5.75 Å². The molecule has 0 saturated heterocycles. The largest absolute Gasteiger partial charge is 0.496 e. The molecular formula is C14H17N3O4. The Morgan fingerprint density at radius 1 is 1.33 bits per heavy atom. The molecule has 2 aromatic rings. The molecule has 0 saturated carbocycles. The zero-order chi connectivity index (χ0) is 15.2. The molecule has 2 rings (SSSR count). The van der Waals surface area contributed by atoms with Gasteiger partial charge in [0.05, 0.1) is 26.0 Å². The second kappa shape index (κ2) is 6.85. The lowest BCUT2D eigenvalue weighted by atomic mass is 10.2. The van der Waals surface area contributed by atoms with E-state index < -0.39 is 5.97 Å². The van der Waals surface area contributed by atoms with E-state index in [2.05, 4.69) is 10.3 Å². The van der Waals surface area contributed by atoms with Gasteiger partial charge in [0, 0.05) is 19.1 Å². The van der Waals surface area contributed by atoms with Gasteiger partial charge in [0.25, 0.3) is 0 Å². The molecule has 0 amide bonds. The molecule has 0 aliphatic heterocycles. The van der Waals surface area contributed by atoms with Gasteiger partial charge in [-0.1, -0.05) is 23.4 Å². The van der Waals surface area contributed by atoms with E-state index in [1.54, 1.807) is 18.9 Å². The predicted molar refractivity (Wildman–Crippen MR) is 74.7 cm³/mol. The third-order valence-electron chi connectivity index (χ3n) is 3.10. The molecule has 0 aliphatic carbocycles. The van der Waals surface area contributed by atoms with Crippen LogP contribution in [0.4, 0.5) is 0 Å². The molecule has 112 valence electrons. The molecule has 1 heterocycles. The number of carboxylic acids is 1. The van der Waals surface area contributed by atoms with Crippen LogP contribution in [0.15, 0.2) is 24.3 Å². The van der Waals surface area contributed by atoms with E-state index in [1.807, 2.05) is 24.3 Å². The monoisotopic (exact) mass is 291 g/mol. The summed E-state index contributed by atoms with van der Waals surface area (Å²) in [4.78, 5) is 11.2. The van der Waals surface area contributed by atoms with Gasteiger partial charge in [0.2, 0.25) is 0 Å². The number of nitrogens with zero attached hydrogens (tertiary/aromatic N) is 3. The van der Waals surface area contributed by atoms with Crippen LogP contribution in [-0.2, 0) is 17.7 Å². The van der Waals surface area contributed by atoms with E-state index in [9.17, 15) is 4.79 Å². The van der Waals surface area contributed by atoms with E-state index in [4.69, 9.17) is 14.6 Å². The Hall–Kier alpha value is -2.41. The lowest BCUT2D eigenvalue weighted by Gasteiger charge is -2.10. The Balaban J connectivity index is 2.32. The summed E-state index contributed by atoms with van der Waals surface area (Å²) < 4.78 is 11.9. The molecule has 0 radical (unpaired) electrons. The number of carbonyl (C=O) groups is 1. The Morgan fingerprint density at radius 2 is 2.10 bits per heavy atom. The lowest BCUT2D eigenvalue weighted by Crippen LogP contribution is -2.12. The minimum absolute atomic E-state index is 0.0399. The van der Waals surface area contributed by atoms with Crippen molar-refractivity contribution in [2.24, 2.45) is 0 Å². The van der Waals surface area contributed by atoms with Gasteiger partial charge in [-0.25, -0.2) is 9.48 Å². The quantitative estimate of drug-likeness (QED) is 0.825. The number of carboxylic acid groups (broad SMARTS) is 1. The summed E-state index contributed by atoms with van der Waals surface area (Å²) in [6, 6.07) is 7.51. The van der Waals surface area contributed by atoms with Gasteiger partial charge >= 0.3 is 5.97 Å². The fourth-order valence-electron chi connectivity index (χ4n) is 2.07. The molecule has 0 bridgehead atoms. The van der Waals surface area contributed by atoms with E-state index >= 15 is 0 Å². The lowest BCUT2D eigenvalue weighted by molar-refractivity contribution is 0.0688. The normalized spacial score (nSPS) is 10.6. The Labute approximate surface area is 122 Å². The first kappa shape index (κ1) is 15.0. The number of aromatic carboxylic acids is 1. The van der Waals surface area contributed by atoms with Gasteiger partial charge in [-0.2, -0.15) is 0 Å². The number of para-hydroxylation sites is 1. The van der Waals surface area contributed by atoms with Crippen LogP contribution in [0.25, 0.3) is 0 Å². The zero-order valence-electron chi connectivity index (χ0n) is 11.9. The number of hydrogen-bond acceptors (Lipinski definition) is 5. The minimum atomic E-state index is -1.09. The number of hydrogen-bond donors (Lipinski definition) is 1. The fourth-order valence-corrected chi connectivity index (χ4v) is 2.07. The fraction of sp³-hybridized carbons (Fsp3) is 0.357. The van der Waals surface area contributed by atoms with Crippen molar-refractivity contribution >= 4 is 5.97 Å². The standard InChI is InChI=1S/C14H17N3O4/c1-20-8-7-11-13(14(18)19)15-16-17(11)9-10-5-3-4-6-12(10)21-2/h3-6H,7-9H2,1-2H3,(H,18,19). The topological polar surface area (TPSA) is 86.5 Å². The molecule has 21 heavy (non-hydrogen) atoms. The number of aromatic nitrogens is 3. The van der Waals surface area contributed by atoms with Crippen LogP contribution >= 0.6 is 0 Å². The molecule has 0 spiro atoms. The highest BCUT2D eigenvalue weighted by Crippen LogP contribution is 2.19. The van der Waals surface area contributed by atoms with Crippen molar-refractivity contribution in [1.82, 2.24) is 15.0 Å². The molecule has 1 aromatic carbocycles. The first-order valence-corrected chi connectivity index (χ1v) is 6.43. The average Bonchev–Trinajstić information content (AvgIpc) is 2.88. The number of benzene rings is 1. The summed E-state index contributed by atoms with van der Waals surface area (Å²) >= 11 is 0. The van der Waals surface area contributed by atoms with Crippen LogP contribution in [0.1, 0.15) is 21.7 Å². The molecule has 0 aliphatic rings. The summed E-state index contributed by atoms with van der Waals surface area (Å²) in [5.74, 6) is -0.366.